The minimum atomic E-state index is 0. The molecule has 1 fully saturated rings. The lowest BCUT2D eigenvalue weighted by Gasteiger charge is -2.39. The number of benzene rings is 1. The highest BCUT2D eigenvalue weighted by Gasteiger charge is 2.21. The Balaban J connectivity index is 0.00000312. The van der Waals surface area contributed by atoms with Crippen molar-refractivity contribution in [3.63, 3.8) is 0 Å². The van der Waals surface area contributed by atoms with Crippen molar-refractivity contribution in [1.29, 1.82) is 0 Å². The number of halogens is 1. The van der Waals surface area contributed by atoms with Crippen LogP contribution >= 0.6 is 24.0 Å². The zero-order chi connectivity index (χ0) is 17.4. The quantitative estimate of drug-likeness (QED) is 0.390. The standard InChI is InChI=1S/C19H33N5.HI/c1-16(2)14-21-19(20-4)22-15-17(3)23-10-12-24(13-11-23)18-8-6-5-7-9-18;/h5-9,16-17H,10-15H2,1-4H3,(H2,20,21,22);1H. The van der Waals surface area contributed by atoms with Crippen molar-refractivity contribution in [2.24, 2.45) is 10.9 Å². The Morgan fingerprint density at radius 2 is 1.60 bits per heavy atom. The molecule has 2 rings (SSSR count). The number of nitrogens with zero attached hydrogens (tertiary/aromatic N) is 3. The van der Waals surface area contributed by atoms with Crippen molar-refractivity contribution in [3.05, 3.63) is 30.3 Å². The Bertz CT molecular complexity index is 498. The summed E-state index contributed by atoms with van der Waals surface area (Å²) < 4.78 is 0. The van der Waals surface area contributed by atoms with Crippen molar-refractivity contribution in [3.8, 4) is 0 Å². The van der Waals surface area contributed by atoms with Crippen LogP contribution in [0.5, 0.6) is 0 Å². The number of rotatable bonds is 6. The van der Waals surface area contributed by atoms with Crippen LogP contribution in [0.25, 0.3) is 0 Å². The van der Waals surface area contributed by atoms with Gasteiger partial charge in [0.1, 0.15) is 0 Å². The van der Waals surface area contributed by atoms with Gasteiger partial charge in [0.25, 0.3) is 0 Å². The van der Waals surface area contributed by atoms with E-state index in [-0.39, 0.29) is 24.0 Å². The van der Waals surface area contributed by atoms with Crippen LogP contribution in [0, 0.1) is 5.92 Å². The second-order valence-corrected chi connectivity index (χ2v) is 6.94. The summed E-state index contributed by atoms with van der Waals surface area (Å²) >= 11 is 0. The maximum absolute atomic E-state index is 4.30. The van der Waals surface area contributed by atoms with Gasteiger partial charge in [-0.1, -0.05) is 32.0 Å². The third-order valence-electron chi connectivity index (χ3n) is 4.53. The summed E-state index contributed by atoms with van der Waals surface area (Å²) in [7, 11) is 1.83. The summed E-state index contributed by atoms with van der Waals surface area (Å²) in [6.45, 7) is 13.0. The lowest BCUT2D eigenvalue weighted by atomic mass is 10.2. The molecule has 0 aliphatic carbocycles. The van der Waals surface area contributed by atoms with E-state index in [1.165, 1.54) is 5.69 Å². The Morgan fingerprint density at radius 3 is 2.16 bits per heavy atom. The van der Waals surface area contributed by atoms with E-state index in [4.69, 9.17) is 0 Å². The summed E-state index contributed by atoms with van der Waals surface area (Å²) in [5.74, 6) is 1.52. The summed E-state index contributed by atoms with van der Waals surface area (Å²) in [6, 6.07) is 11.2. The van der Waals surface area contributed by atoms with Crippen molar-refractivity contribution >= 4 is 35.6 Å². The van der Waals surface area contributed by atoms with Crippen molar-refractivity contribution < 1.29 is 0 Å². The Kier molecular flexibility index (Phi) is 10.2. The molecular weight excluding hydrogens is 425 g/mol. The molecule has 1 aliphatic heterocycles. The molecule has 1 saturated heterocycles. The monoisotopic (exact) mass is 459 g/mol. The molecular formula is C19H34IN5. The largest absolute Gasteiger partial charge is 0.369 e. The van der Waals surface area contributed by atoms with Crippen molar-refractivity contribution in [1.82, 2.24) is 15.5 Å². The van der Waals surface area contributed by atoms with Crippen LogP contribution in [0.3, 0.4) is 0 Å². The molecule has 1 aliphatic rings. The molecule has 0 amide bonds. The molecule has 25 heavy (non-hydrogen) atoms. The highest BCUT2D eigenvalue weighted by molar-refractivity contribution is 14.0. The Labute approximate surface area is 170 Å². The van der Waals surface area contributed by atoms with Crippen LogP contribution in [0.4, 0.5) is 5.69 Å². The van der Waals surface area contributed by atoms with Crippen LogP contribution in [0.15, 0.2) is 35.3 Å². The van der Waals surface area contributed by atoms with E-state index in [9.17, 15) is 0 Å². The number of piperazine rings is 1. The maximum atomic E-state index is 4.30. The van der Waals surface area contributed by atoms with Gasteiger partial charge >= 0.3 is 0 Å². The van der Waals surface area contributed by atoms with Crippen LogP contribution in [-0.4, -0.2) is 63.2 Å². The minimum Gasteiger partial charge on any atom is -0.369 e. The number of para-hydroxylation sites is 1. The molecule has 0 radical (unpaired) electrons. The van der Waals surface area contributed by atoms with Crippen LogP contribution in [0.2, 0.25) is 0 Å². The lowest BCUT2D eigenvalue weighted by Crippen LogP contribution is -2.53. The van der Waals surface area contributed by atoms with Gasteiger partial charge in [-0.15, -0.1) is 24.0 Å². The zero-order valence-corrected chi connectivity index (χ0v) is 18.4. The molecule has 5 nitrogen and oxygen atoms in total. The molecule has 2 N–H and O–H groups in total. The lowest BCUT2D eigenvalue weighted by molar-refractivity contribution is 0.197. The van der Waals surface area contributed by atoms with Crippen LogP contribution in [-0.2, 0) is 0 Å². The van der Waals surface area contributed by atoms with Gasteiger partial charge in [0.2, 0.25) is 0 Å². The average Bonchev–Trinajstić information content (AvgIpc) is 2.62. The number of guanidine groups is 1. The smallest absolute Gasteiger partial charge is 0.191 e. The van der Waals surface area contributed by atoms with Crippen molar-refractivity contribution in [2.45, 2.75) is 26.8 Å². The average molecular weight is 459 g/mol. The molecule has 1 atom stereocenters. The zero-order valence-electron chi connectivity index (χ0n) is 16.0. The van der Waals surface area contributed by atoms with Gasteiger partial charge in [0, 0.05) is 58.0 Å². The van der Waals surface area contributed by atoms with Gasteiger partial charge in [-0.05, 0) is 25.0 Å². The topological polar surface area (TPSA) is 42.9 Å². The summed E-state index contributed by atoms with van der Waals surface area (Å²) in [6.07, 6.45) is 0. The maximum Gasteiger partial charge on any atom is 0.191 e. The first kappa shape index (κ1) is 22.0. The minimum absolute atomic E-state index is 0. The van der Waals surface area contributed by atoms with E-state index in [0.29, 0.717) is 12.0 Å². The highest BCUT2D eigenvalue weighted by Crippen LogP contribution is 2.16. The number of nitrogens with one attached hydrogen (secondary N) is 2. The third kappa shape index (κ3) is 7.40. The molecule has 1 aromatic carbocycles. The SMILES string of the molecule is CN=C(NCC(C)C)NCC(C)N1CCN(c2ccccc2)CC1.I. The normalized spacial score (nSPS) is 17.2. The highest BCUT2D eigenvalue weighted by atomic mass is 127. The van der Waals surface area contributed by atoms with E-state index in [0.717, 1.165) is 45.2 Å². The first-order valence-corrected chi connectivity index (χ1v) is 9.08. The molecule has 1 unspecified atom stereocenters. The molecule has 1 aromatic rings. The molecule has 142 valence electrons. The summed E-state index contributed by atoms with van der Waals surface area (Å²) in [5.41, 5.74) is 1.33. The van der Waals surface area contributed by atoms with Gasteiger partial charge in [-0.3, -0.25) is 9.89 Å². The number of anilines is 1. The van der Waals surface area contributed by atoms with E-state index in [2.05, 4.69) is 76.5 Å². The fourth-order valence-corrected chi connectivity index (χ4v) is 2.95. The number of hydrogen-bond acceptors (Lipinski definition) is 3. The molecule has 0 spiro atoms. The molecule has 0 aromatic heterocycles. The molecule has 1 heterocycles. The van der Waals surface area contributed by atoms with E-state index in [1.807, 2.05) is 7.05 Å². The first-order valence-electron chi connectivity index (χ1n) is 9.08. The van der Waals surface area contributed by atoms with Gasteiger partial charge in [0.05, 0.1) is 0 Å². The Morgan fingerprint density at radius 1 is 1.00 bits per heavy atom. The molecule has 6 heteroatoms. The third-order valence-corrected chi connectivity index (χ3v) is 4.53. The number of aliphatic imine (C=N–C) groups is 1. The molecule has 0 bridgehead atoms. The van der Waals surface area contributed by atoms with E-state index in [1.54, 1.807) is 0 Å². The van der Waals surface area contributed by atoms with Gasteiger partial charge in [0.15, 0.2) is 5.96 Å². The van der Waals surface area contributed by atoms with Crippen molar-refractivity contribution in [2.75, 3.05) is 51.2 Å². The predicted molar refractivity (Wildman–Crippen MR) is 119 cm³/mol. The van der Waals surface area contributed by atoms with Crippen LogP contribution < -0.4 is 15.5 Å². The summed E-state index contributed by atoms with van der Waals surface area (Å²) in [5, 5.41) is 6.82. The summed E-state index contributed by atoms with van der Waals surface area (Å²) in [4.78, 5) is 9.33. The van der Waals surface area contributed by atoms with E-state index >= 15 is 0 Å². The fraction of sp³-hybridized carbons (Fsp3) is 0.632. The Hall–Kier alpha value is -1.02. The number of hydrogen-bond donors (Lipinski definition) is 2. The predicted octanol–water partition coefficient (Wildman–Crippen LogP) is 2.64. The van der Waals surface area contributed by atoms with Crippen LogP contribution in [0.1, 0.15) is 20.8 Å². The van der Waals surface area contributed by atoms with Gasteiger partial charge in [-0.25, -0.2) is 0 Å². The van der Waals surface area contributed by atoms with Gasteiger partial charge < -0.3 is 15.5 Å². The second-order valence-electron chi connectivity index (χ2n) is 6.94. The first-order chi connectivity index (χ1) is 11.6. The van der Waals surface area contributed by atoms with E-state index < -0.39 is 0 Å². The fourth-order valence-electron chi connectivity index (χ4n) is 2.95. The van der Waals surface area contributed by atoms with Gasteiger partial charge in [-0.2, -0.15) is 0 Å². The second kappa shape index (κ2) is 11.6. The molecule has 0 saturated carbocycles.